The minimum absolute atomic E-state index is 0.109. The third kappa shape index (κ3) is 4.94. The van der Waals surface area contributed by atoms with E-state index in [-0.39, 0.29) is 11.7 Å². The normalized spacial score (nSPS) is 32.4. The molecular weight excluding hydrogens is 238 g/mol. The molecule has 1 aliphatic rings. The lowest BCUT2D eigenvalue weighted by Crippen LogP contribution is -2.31. The summed E-state index contributed by atoms with van der Waals surface area (Å²) in [6.45, 7) is 4.84. The fraction of sp³-hybridized carbons (Fsp3) is 1.00. The lowest BCUT2D eigenvalue weighted by Gasteiger charge is -2.35. The van der Waals surface area contributed by atoms with Crippen molar-refractivity contribution < 1.29 is 13.0 Å². The molecule has 1 aliphatic carbocycles. The first-order chi connectivity index (χ1) is 7.83. The van der Waals surface area contributed by atoms with Crippen LogP contribution in [0.1, 0.15) is 39.5 Å². The second-order valence-electron chi connectivity index (χ2n) is 5.61. The molecule has 0 bridgehead atoms. The third-order valence-corrected chi connectivity index (χ3v) is 5.18. The summed E-state index contributed by atoms with van der Waals surface area (Å²) in [6, 6.07) is 0. The fourth-order valence-corrected chi connectivity index (χ4v) is 3.85. The number of hydrogen-bond donors (Lipinski definition) is 2. The van der Waals surface area contributed by atoms with Crippen molar-refractivity contribution >= 4 is 10.1 Å². The molecule has 3 N–H and O–H groups in total. The Bertz CT molecular complexity index is 329. The third-order valence-electron chi connectivity index (χ3n) is 4.29. The zero-order chi connectivity index (χ0) is 13.1. The van der Waals surface area contributed by atoms with Crippen molar-refractivity contribution in [3.05, 3.63) is 0 Å². The summed E-state index contributed by atoms with van der Waals surface area (Å²) in [5, 5.41) is 0. The van der Waals surface area contributed by atoms with Crippen LogP contribution in [0.2, 0.25) is 0 Å². The summed E-state index contributed by atoms with van der Waals surface area (Å²) in [6.07, 6.45) is 4.47. The van der Waals surface area contributed by atoms with Gasteiger partial charge in [0.25, 0.3) is 10.1 Å². The van der Waals surface area contributed by atoms with Crippen LogP contribution in [-0.2, 0) is 10.1 Å². The summed E-state index contributed by atoms with van der Waals surface area (Å²) < 4.78 is 30.7. The molecule has 4 unspecified atom stereocenters. The monoisotopic (exact) mass is 263 g/mol. The van der Waals surface area contributed by atoms with Crippen molar-refractivity contribution in [2.45, 2.75) is 39.5 Å². The molecule has 0 aliphatic heterocycles. The van der Waals surface area contributed by atoms with Gasteiger partial charge in [0.05, 0.1) is 5.75 Å². The van der Waals surface area contributed by atoms with Crippen LogP contribution in [0.25, 0.3) is 0 Å². The average Bonchev–Trinajstić information content (AvgIpc) is 2.21. The van der Waals surface area contributed by atoms with Gasteiger partial charge in [-0.2, -0.15) is 8.42 Å². The second-order valence-corrected chi connectivity index (χ2v) is 7.11. The number of nitrogens with two attached hydrogens (primary N) is 1. The first-order valence-corrected chi connectivity index (χ1v) is 8.09. The molecule has 5 heteroatoms. The van der Waals surface area contributed by atoms with Gasteiger partial charge in [-0.25, -0.2) is 0 Å². The van der Waals surface area contributed by atoms with E-state index in [2.05, 4.69) is 13.8 Å². The largest absolute Gasteiger partial charge is 0.330 e. The maximum atomic E-state index is 10.9. The Labute approximate surface area is 105 Å². The molecule has 17 heavy (non-hydrogen) atoms. The Morgan fingerprint density at radius 2 is 2.00 bits per heavy atom. The highest BCUT2D eigenvalue weighted by atomic mass is 32.2. The van der Waals surface area contributed by atoms with Crippen molar-refractivity contribution in [1.82, 2.24) is 0 Å². The van der Waals surface area contributed by atoms with Gasteiger partial charge in [0.15, 0.2) is 0 Å². The predicted molar refractivity (Wildman–Crippen MR) is 69.2 cm³/mol. The van der Waals surface area contributed by atoms with Crippen LogP contribution in [0.15, 0.2) is 0 Å². The molecule has 0 radical (unpaired) electrons. The van der Waals surface area contributed by atoms with Crippen molar-refractivity contribution in [2.75, 3.05) is 12.3 Å². The highest BCUT2D eigenvalue weighted by Crippen LogP contribution is 2.37. The highest BCUT2D eigenvalue weighted by Gasteiger charge is 2.29. The molecule has 0 saturated heterocycles. The Hall–Kier alpha value is -0.130. The molecule has 0 aromatic rings. The van der Waals surface area contributed by atoms with Gasteiger partial charge in [-0.1, -0.05) is 33.1 Å². The molecule has 0 aromatic heterocycles. The van der Waals surface area contributed by atoms with E-state index in [1.807, 2.05) is 0 Å². The van der Waals surface area contributed by atoms with Gasteiger partial charge in [-0.15, -0.1) is 0 Å². The standard InChI is InChI=1S/C12H25NO3S/c1-9-4-3-5-12(10(9)2)6-11(7-13)8-17(14,15)16/h9-12H,3-8,13H2,1-2H3,(H,14,15,16). The zero-order valence-corrected chi connectivity index (χ0v) is 11.6. The first-order valence-electron chi connectivity index (χ1n) is 6.48. The van der Waals surface area contributed by atoms with Crippen LogP contribution in [0.3, 0.4) is 0 Å². The maximum absolute atomic E-state index is 10.9. The summed E-state index contributed by atoms with van der Waals surface area (Å²) in [7, 11) is -3.90. The fourth-order valence-electron chi connectivity index (χ4n) is 2.98. The van der Waals surface area contributed by atoms with Gasteiger partial charge in [0, 0.05) is 0 Å². The van der Waals surface area contributed by atoms with Crippen molar-refractivity contribution in [1.29, 1.82) is 0 Å². The SMILES string of the molecule is CC1CCCC(CC(CN)CS(=O)(=O)O)C1C. The summed E-state index contributed by atoms with van der Waals surface area (Å²) >= 11 is 0. The Kier molecular flexibility index (Phi) is 5.41. The first kappa shape index (κ1) is 14.9. The van der Waals surface area contributed by atoms with Gasteiger partial charge in [0.2, 0.25) is 0 Å². The van der Waals surface area contributed by atoms with E-state index in [1.165, 1.54) is 12.8 Å². The molecule has 4 atom stereocenters. The van der Waals surface area contributed by atoms with Crippen molar-refractivity contribution in [3.63, 3.8) is 0 Å². The lowest BCUT2D eigenvalue weighted by atomic mass is 9.71. The summed E-state index contributed by atoms with van der Waals surface area (Å²) in [5.41, 5.74) is 5.60. The smallest absolute Gasteiger partial charge is 0.265 e. The molecule has 4 nitrogen and oxygen atoms in total. The van der Waals surface area contributed by atoms with E-state index in [1.54, 1.807) is 0 Å². The van der Waals surface area contributed by atoms with E-state index >= 15 is 0 Å². The molecule has 1 rings (SSSR count). The second kappa shape index (κ2) is 6.16. The van der Waals surface area contributed by atoms with E-state index in [0.717, 1.165) is 12.8 Å². The molecule has 0 amide bonds. The molecule has 0 aromatic carbocycles. The van der Waals surface area contributed by atoms with Crippen LogP contribution in [0.5, 0.6) is 0 Å². The van der Waals surface area contributed by atoms with Crippen molar-refractivity contribution in [3.8, 4) is 0 Å². The maximum Gasteiger partial charge on any atom is 0.265 e. The van der Waals surface area contributed by atoms with E-state index in [9.17, 15) is 8.42 Å². The van der Waals surface area contributed by atoms with E-state index < -0.39 is 10.1 Å². The predicted octanol–water partition coefficient (Wildman–Crippen LogP) is 1.91. The Morgan fingerprint density at radius 3 is 2.53 bits per heavy atom. The van der Waals surface area contributed by atoms with Gasteiger partial charge in [-0.05, 0) is 36.6 Å². The minimum atomic E-state index is -3.90. The minimum Gasteiger partial charge on any atom is -0.330 e. The van der Waals surface area contributed by atoms with Crippen LogP contribution in [0.4, 0.5) is 0 Å². The molecule has 1 fully saturated rings. The Balaban J connectivity index is 2.55. The molecule has 102 valence electrons. The van der Waals surface area contributed by atoms with Gasteiger partial charge in [-0.3, -0.25) is 4.55 Å². The van der Waals surface area contributed by atoms with Gasteiger partial charge < -0.3 is 5.73 Å². The quantitative estimate of drug-likeness (QED) is 0.742. The van der Waals surface area contributed by atoms with Crippen LogP contribution >= 0.6 is 0 Å². The lowest BCUT2D eigenvalue weighted by molar-refractivity contribution is 0.157. The highest BCUT2D eigenvalue weighted by molar-refractivity contribution is 7.85. The van der Waals surface area contributed by atoms with Crippen LogP contribution < -0.4 is 5.73 Å². The van der Waals surface area contributed by atoms with Crippen LogP contribution in [-0.4, -0.2) is 25.3 Å². The van der Waals surface area contributed by atoms with Crippen LogP contribution in [0, 0.1) is 23.7 Å². The number of hydrogen-bond acceptors (Lipinski definition) is 3. The summed E-state index contributed by atoms with van der Waals surface area (Å²) in [5.74, 6) is 1.58. The number of rotatable bonds is 5. The molecule has 0 spiro atoms. The van der Waals surface area contributed by atoms with E-state index in [0.29, 0.717) is 24.3 Å². The summed E-state index contributed by atoms with van der Waals surface area (Å²) in [4.78, 5) is 0. The Morgan fingerprint density at radius 1 is 1.35 bits per heavy atom. The zero-order valence-electron chi connectivity index (χ0n) is 10.8. The van der Waals surface area contributed by atoms with Gasteiger partial charge in [0.1, 0.15) is 0 Å². The molecular formula is C12H25NO3S. The van der Waals surface area contributed by atoms with Gasteiger partial charge >= 0.3 is 0 Å². The van der Waals surface area contributed by atoms with Crippen molar-refractivity contribution in [2.24, 2.45) is 29.4 Å². The average molecular weight is 263 g/mol. The molecule has 0 heterocycles. The topological polar surface area (TPSA) is 80.4 Å². The van der Waals surface area contributed by atoms with E-state index in [4.69, 9.17) is 10.3 Å². The molecule has 1 saturated carbocycles.